The third-order valence-corrected chi connectivity index (χ3v) is 2.15. The van der Waals surface area contributed by atoms with Crippen molar-refractivity contribution in [3.63, 3.8) is 0 Å². The third kappa shape index (κ3) is 4.59. The molecule has 0 aliphatic rings. The number of amides is 2. The summed E-state index contributed by atoms with van der Waals surface area (Å²) in [4.78, 5) is 11.2. The Morgan fingerprint density at radius 1 is 1.41 bits per heavy atom. The minimum atomic E-state index is -0.196. The van der Waals surface area contributed by atoms with Crippen LogP contribution in [0.4, 0.5) is 4.79 Å². The van der Waals surface area contributed by atoms with Crippen LogP contribution in [0.1, 0.15) is 18.9 Å². The monoisotopic (exact) mass is 234 g/mol. The van der Waals surface area contributed by atoms with Gasteiger partial charge in [0.1, 0.15) is 5.75 Å². The van der Waals surface area contributed by atoms with Crippen LogP contribution in [-0.4, -0.2) is 19.7 Å². The lowest BCUT2D eigenvalue weighted by Gasteiger charge is -2.04. The zero-order valence-corrected chi connectivity index (χ0v) is 10.2. The maximum atomic E-state index is 11.2. The van der Waals surface area contributed by atoms with E-state index in [1.165, 1.54) is 0 Å². The fourth-order valence-corrected chi connectivity index (χ4v) is 1.30. The Bertz CT molecular complexity index is 389. The van der Waals surface area contributed by atoms with E-state index in [1.54, 1.807) is 19.4 Å². The second-order valence-corrected chi connectivity index (χ2v) is 3.48. The van der Waals surface area contributed by atoms with Gasteiger partial charge in [0.15, 0.2) is 0 Å². The second kappa shape index (κ2) is 7.33. The molecule has 0 saturated heterocycles. The van der Waals surface area contributed by atoms with E-state index in [-0.39, 0.29) is 6.03 Å². The normalized spacial score (nSPS) is 10.2. The van der Waals surface area contributed by atoms with Gasteiger partial charge in [0.05, 0.1) is 7.11 Å². The molecule has 0 fully saturated rings. The van der Waals surface area contributed by atoms with Gasteiger partial charge in [-0.25, -0.2) is 4.79 Å². The number of rotatable bonds is 5. The number of hydrogen-bond acceptors (Lipinski definition) is 2. The first-order valence-electron chi connectivity index (χ1n) is 5.62. The van der Waals surface area contributed by atoms with Crippen LogP contribution in [0.5, 0.6) is 5.75 Å². The number of benzene rings is 1. The van der Waals surface area contributed by atoms with Gasteiger partial charge >= 0.3 is 6.03 Å². The van der Waals surface area contributed by atoms with Crippen LogP contribution in [0.15, 0.2) is 30.5 Å². The summed E-state index contributed by atoms with van der Waals surface area (Å²) in [5, 5.41) is 5.35. The minimum Gasteiger partial charge on any atom is -0.496 e. The van der Waals surface area contributed by atoms with E-state index in [9.17, 15) is 4.79 Å². The number of carbonyl (C=O) groups is 1. The zero-order valence-electron chi connectivity index (χ0n) is 10.2. The molecule has 0 unspecified atom stereocenters. The molecule has 0 radical (unpaired) electrons. The van der Waals surface area contributed by atoms with Crippen molar-refractivity contribution in [3.8, 4) is 5.75 Å². The third-order valence-electron chi connectivity index (χ3n) is 2.15. The van der Waals surface area contributed by atoms with E-state index in [4.69, 9.17) is 4.74 Å². The Balaban J connectivity index is 2.50. The van der Waals surface area contributed by atoms with Crippen LogP contribution in [0.2, 0.25) is 0 Å². The summed E-state index contributed by atoms with van der Waals surface area (Å²) in [7, 11) is 1.62. The standard InChI is InChI=1S/C13H18N2O2/c1-3-9-14-13(16)15-10-8-11-6-4-5-7-12(11)17-2/h4-8,10H,3,9H2,1-2H3,(H2,14,15,16)/b10-8+. The molecule has 1 aromatic carbocycles. The number of urea groups is 1. The molecule has 0 aromatic heterocycles. The molecule has 0 saturated carbocycles. The van der Waals surface area contributed by atoms with E-state index in [2.05, 4.69) is 10.6 Å². The summed E-state index contributed by atoms with van der Waals surface area (Å²) in [5.41, 5.74) is 0.922. The largest absolute Gasteiger partial charge is 0.496 e. The lowest BCUT2D eigenvalue weighted by molar-refractivity contribution is 0.244. The average Bonchev–Trinajstić information content (AvgIpc) is 2.37. The highest BCUT2D eigenvalue weighted by Gasteiger charge is 1.97. The Morgan fingerprint density at radius 3 is 2.88 bits per heavy atom. The van der Waals surface area contributed by atoms with Crippen molar-refractivity contribution in [3.05, 3.63) is 36.0 Å². The first-order chi connectivity index (χ1) is 8.27. The van der Waals surface area contributed by atoms with Crippen molar-refractivity contribution in [2.24, 2.45) is 0 Å². The molecule has 4 heteroatoms. The van der Waals surface area contributed by atoms with Gasteiger partial charge in [-0.15, -0.1) is 0 Å². The Hall–Kier alpha value is -1.97. The van der Waals surface area contributed by atoms with E-state index < -0.39 is 0 Å². The zero-order chi connectivity index (χ0) is 12.5. The van der Waals surface area contributed by atoms with Crippen LogP contribution < -0.4 is 15.4 Å². The van der Waals surface area contributed by atoms with Gasteiger partial charge in [0.25, 0.3) is 0 Å². The number of methoxy groups -OCH3 is 1. The number of hydrogen-bond donors (Lipinski definition) is 2. The molecule has 0 aliphatic heterocycles. The van der Waals surface area contributed by atoms with Crippen LogP contribution in [0, 0.1) is 0 Å². The van der Waals surface area contributed by atoms with Gasteiger partial charge in [0.2, 0.25) is 0 Å². The highest BCUT2D eigenvalue weighted by molar-refractivity contribution is 5.76. The molecule has 1 aromatic rings. The van der Waals surface area contributed by atoms with Crippen molar-refractivity contribution in [2.75, 3.05) is 13.7 Å². The molecule has 0 atom stereocenters. The average molecular weight is 234 g/mol. The minimum absolute atomic E-state index is 0.196. The Kier molecular flexibility index (Phi) is 5.64. The van der Waals surface area contributed by atoms with Gasteiger partial charge in [-0.1, -0.05) is 25.1 Å². The molecular weight excluding hydrogens is 216 g/mol. The highest BCUT2D eigenvalue weighted by Crippen LogP contribution is 2.17. The summed E-state index contributed by atoms with van der Waals surface area (Å²) in [6.45, 7) is 2.68. The number of ether oxygens (including phenoxy) is 1. The quantitative estimate of drug-likeness (QED) is 0.821. The van der Waals surface area contributed by atoms with Gasteiger partial charge < -0.3 is 15.4 Å². The predicted molar refractivity (Wildman–Crippen MR) is 68.9 cm³/mol. The van der Waals surface area contributed by atoms with Crippen molar-refractivity contribution >= 4 is 12.1 Å². The first kappa shape index (κ1) is 13.1. The van der Waals surface area contributed by atoms with Gasteiger partial charge in [0, 0.05) is 18.3 Å². The van der Waals surface area contributed by atoms with E-state index >= 15 is 0 Å². The summed E-state index contributed by atoms with van der Waals surface area (Å²) < 4.78 is 5.19. The molecule has 92 valence electrons. The topological polar surface area (TPSA) is 50.4 Å². The first-order valence-corrected chi connectivity index (χ1v) is 5.62. The number of para-hydroxylation sites is 1. The summed E-state index contributed by atoms with van der Waals surface area (Å²) in [6, 6.07) is 7.41. The van der Waals surface area contributed by atoms with Gasteiger partial charge in [-0.2, -0.15) is 0 Å². The fourth-order valence-electron chi connectivity index (χ4n) is 1.30. The van der Waals surface area contributed by atoms with Crippen molar-refractivity contribution in [2.45, 2.75) is 13.3 Å². The lowest BCUT2D eigenvalue weighted by atomic mass is 10.2. The van der Waals surface area contributed by atoms with Crippen LogP contribution in [-0.2, 0) is 0 Å². The molecule has 0 spiro atoms. The predicted octanol–water partition coefficient (Wildman–Crippen LogP) is 2.38. The molecule has 17 heavy (non-hydrogen) atoms. The molecule has 2 amide bonds. The van der Waals surface area contributed by atoms with E-state index in [0.29, 0.717) is 6.54 Å². The maximum Gasteiger partial charge on any atom is 0.318 e. The number of carbonyl (C=O) groups excluding carboxylic acids is 1. The van der Waals surface area contributed by atoms with Crippen molar-refractivity contribution < 1.29 is 9.53 Å². The Labute approximate surface area is 102 Å². The highest BCUT2D eigenvalue weighted by atomic mass is 16.5. The van der Waals surface area contributed by atoms with Crippen LogP contribution in [0.25, 0.3) is 6.08 Å². The van der Waals surface area contributed by atoms with Crippen LogP contribution in [0.3, 0.4) is 0 Å². The SMILES string of the molecule is CCCNC(=O)N/C=C/c1ccccc1OC. The molecule has 0 heterocycles. The lowest BCUT2D eigenvalue weighted by Crippen LogP contribution is -2.32. The van der Waals surface area contributed by atoms with Gasteiger partial charge in [-0.05, 0) is 18.6 Å². The van der Waals surface area contributed by atoms with Crippen LogP contribution >= 0.6 is 0 Å². The second-order valence-electron chi connectivity index (χ2n) is 3.48. The molecule has 2 N–H and O–H groups in total. The summed E-state index contributed by atoms with van der Waals surface area (Å²) >= 11 is 0. The maximum absolute atomic E-state index is 11.2. The summed E-state index contributed by atoms with van der Waals surface area (Å²) in [5.74, 6) is 0.777. The van der Waals surface area contributed by atoms with E-state index in [1.807, 2.05) is 31.2 Å². The molecular formula is C13H18N2O2. The molecule has 1 rings (SSSR count). The fraction of sp³-hybridized carbons (Fsp3) is 0.308. The van der Waals surface area contributed by atoms with Gasteiger partial charge in [-0.3, -0.25) is 0 Å². The van der Waals surface area contributed by atoms with Crippen molar-refractivity contribution in [1.82, 2.24) is 10.6 Å². The molecule has 4 nitrogen and oxygen atoms in total. The van der Waals surface area contributed by atoms with E-state index in [0.717, 1.165) is 17.7 Å². The summed E-state index contributed by atoms with van der Waals surface area (Å²) in [6.07, 6.45) is 4.32. The smallest absolute Gasteiger partial charge is 0.318 e. The van der Waals surface area contributed by atoms with Crippen molar-refractivity contribution in [1.29, 1.82) is 0 Å². The molecule has 0 bridgehead atoms. The molecule has 0 aliphatic carbocycles. The Morgan fingerprint density at radius 2 is 2.18 bits per heavy atom. The number of nitrogens with one attached hydrogen (secondary N) is 2.